The van der Waals surface area contributed by atoms with Crippen LogP contribution in [0.4, 0.5) is 5.82 Å². The Morgan fingerprint density at radius 3 is 2.72 bits per heavy atom. The number of amides is 1. The zero-order chi connectivity index (χ0) is 13.7. The first-order valence-electron chi connectivity index (χ1n) is 6.03. The van der Waals surface area contributed by atoms with Crippen LogP contribution in [0, 0.1) is 0 Å². The van der Waals surface area contributed by atoms with Gasteiger partial charge in [-0.2, -0.15) is 0 Å². The van der Waals surface area contributed by atoms with Gasteiger partial charge in [-0.05, 0) is 32.9 Å². The van der Waals surface area contributed by atoms with Gasteiger partial charge in [0.05, 0.1) is 0 Å². The van der Waals surface area contributed by atoms with E-state index in [4.69, 9.17) is 0 Å². The molecular weight excluding hydrogens is 226 g/mol. The molecule has 0 aromatic carbocycles. The molecule has 1 aromatic heterocycles. The van der Waals surface area contributed by atoms with E-state index in [0.29, 0.717) is 12.2 Å². The van der Waals surface area contributed by atoms with Crippen molar-refractivity contribution in [1.29, 1.82) is 0 Å². The molecule has 4 nitrogen and oxygen atoms in total. The molecule has 0 aliphatic carbocycles. The molecule has 1 heterocycles. The molecule has 1 rings (SSSR count). The molecule has 0 saturated heterocycles. The Bertz CT molecular complexity index is 440. The van der Waals surface area contributed by atoms with E-state index in [-0.39, 0.29) is 11.9 Å². The highest BCUT2D eigenvalue weighted by Crippen LogP contribution is 2.08. The van der Waals surface area contributed by atoms with Crippen molar-refractivity contribution in [2.45, 2.75) is 26.8 Å². The lowest BCUT2D eigenvalue weighted by Crippen LogP contribution is -2.29. The summed E-state index contributed by atoms with van der Waals surface area (Å²) in [4.78, 5) is 18.0. The Balaban J connectivity index is 2.82. The van der Waals surface area contributed by atoms with E-state index in [1.807, 2.05) is 32.9 Å². The molecular formula is C14H21N3O. The van der Waals surface area contributed by atoms with Gasteiger partial charge in [0.25, 0.3) is 5.91 Å². The topological polar surface area (TPSA) is 45.2 Å². The lowest BCUT2D eigenvalue weighted by Gasteiger charge is -2.17. The third-order valence-electron chi connectivity index (χ3n) is 2.26. The SMILES string of the molecule is C=C(C)CN(C)C(=O)c1cccc(NC(C)C)n1. The molecule has 0 fully saturated rings. The van der Waals surface area contributed by atoms with E-state index >= 15 is 0 Å². The van der Waals surface area contributed by atoms with Crippen LogP contribution >= 0.6 is 0 Å². The summed E-state index contributed by atoms with van der Waals surface area (Å²) in [6.45, 7) is 10.3. The quantitative estimate of drug-likeness (QED) is 0.813. The number of likely N-dealkylation sites (N-methyl/N-ethyl adjacent to an activating group) is 1. The average molecular weight is 247 g/mol. The van der Waals surface area contributed by atoms with E-state index in [0.717, 1.165) is 11.4 Å². The van der Waals surface area contributed by atoms with Gasteiger partial charge in [0.2, 0.25) is 0 Å². The first-order valence-corrected chi connectivity index (χ1v) is 6.03. The summed E-state index contributed by atoms with van der Waals surface area (Å²) >= 11 is 0. The van der Waals surface area contributed by atoms with Gasteiger partial charge in [-0.15, -0.1) is 0 Å². The molecule has 0 atom stereocenters. The smallest absolute Gasteiger partial charge is 0.272 e. The summed E-state index contributed by atoms with van der Waals surface area (Å²) in [5.41, 5.74) is 1.40. The maximum atomic E-state index is 12.1. The number of hydrogen-bond acceptors (Lipinski definition) is 3. The van der Waals surface area contributed by atoms with E-state index in [1.54, 1.807) is 18.0 Å². The molecule has 98 valence electrons. The first kappa shape index (κ1) is 14.2. The van der Waals surface area contributed by atoms with Crippen molar-refractivity contribution >= 4 is 11.7 Å². The largest absolute Gasteiger partial charge is 0.368 e. The molecule has 1 amide bonds. The zero-order valence-corrected chi connectivity index (χ0v) is 11.5. The lowest BCUT2D eigenvalue weighted by atomic mass is 10.2. The minimum absolute atomic E-state index is 0.0922. The minimum atomic E-state index is -0.0922. The number of nitrogens with one attached hydrogen (secondary N) is 1. The van der Waals surface area contributed by atoms with Crippen LogP contribution in [0.1, 0.15) is 31.3 Å². The minimum Gasteiger partial charge on any atom is -0.368 e. The Kier molecular flexibility index (Phi) is 4.89. The van der Waals surface area contributed by atoms with Crippen molar-refractivity contribution in [1.82, 2.24) is 9.88 Å². The summed E-state index contributed by atoms with van der Waals surface area (Å²) in [5, 5.41) is 3.18. The van der Waals surface area contributed by atoms with Crippen LogP contribution in [0.2, 0.25) is 0 Å². The second-order valence-electron chi connectivity index (χ2n) is 4.83. The monoisotopic (exact) mass is 247 g/mol. The van der Waals surface area contributed by atoms with Crippen molar-refractivity contribution in [3.05, 3.63) is 36.0 Å². The second kappa shape index (κ2) is 6.19. The Labute approximate surface area is 109 Å². The molecule has 18 heavy (non-hydrogen) atoms. The first-order chi connectivity index (χ1) is 8.40. The third-order valence-corrected chi connectivity index (χ3v) is 2.26. The van der Waals surface area contributed by atoms with Crippen LogP contribution in [0.15, 0.2) is 30.4 Å². The molecule has 0 spiro atoms. The van der Waals surface area contributed by atoms with Gasteiger partial charge in [0.15, 0.2) is 0 Å². The second-order valence-corrected chi connectivity index (χ2v) is 4.83. The fraction of sp³-hybridized carbons (Fsp3) is 0.429. The van der Waals surface area contributed by atoms with Crippen molar-refractivity contribution in [2.24, 2.45) is 0 Å². The number of carbonyl (C=O) groups excluding carboxylic acids is 1. The number of hydrogen-bond donors (Lipinski definition) is 1. The van der Waals surface area contributed by atoms with Crippen LogP contribution < -0.4 is 5.32 Å². The lowest BCUT2D eigenvalue weighted by molar-refractivity contribution is 0.0801. The van der Waals surface area contributed by atoms with Crippen molar-refractivity contribution < 1.29 is 4.79 Å². The summed E-state index contributed by atoms with van der Waals surface area (Å²) in [6, 6.07) is 5.70. The predicted octanol–water partition coefficient (Wildman–Crippen LogP) is 2.55. The fourth-order valence-electron chi connectivity index (χ4n) is 1.60. The predicted molar refractivity (Wildman–Crippen MR) is 74.8 cm³/mol. The molecule has 0 aliphatic rings. The number of nitrogens with zero attached hydrogens (tertiary/aromatic N) is 2. The van der Waals surface area contributed by atoms with Gasteiger partial charge in [0, 0.05) is 19.6 Å². The Morgan fingerprint density at radius 1 is 1.50 bits per heavy atom. The maximum Gasteiger partial charge on any atom is 0.272 e. The van der Waals surface area contributed by atoms with E-state index in [9.17, 15) is 4.79 Å². The summed E-state index contributed by atoms with van der Waals surface area (Å²) in [5.74, 6) is 0.630. The Morgan fingerprint density at radius 2 is 2.17 bits per heavy atom. The van der Waals surface area contributed by atoms with Gasteiger partial charge in [0.1, 0.15) is 11.5 Å². The van der Waals surface area contributed by atoms with Crippen LogP contribution in [0.25, 0.3) is 0 Å². The molecule has 0 aliphatic heterocycles. The van der Waals surface area contributed by atoms with Crippen LogP contribution in [-0.2, 0) is 0 Å². The van der Waals surface area contributed by atoms with E-state index < -0.39 is 0 Å². The molecule has 0 bridgehead atoms. The molecule has 4 heteroatoms. The third kappa shape index (κ3) is 4.20. The van der Waals surface area contributed by atoms with Crippen LogP contribution in [0.5, 0.6) is 0 Å². The molecule has 0 saturated carbocycles. The number of rotatable bonds is 5. The summed E-state index contributed by atoms with van der Waals surface area (Å²) < 4.78 is 0. The number of pyridine rings is 1. The van der Waals surface area contributed by atoms with Gasteiger partial charge in [-0.1, -0.05) is 18.2 Å². The highest BCUT2D eigenvalue weighted by Gasteiger charge is 2.13. The fourth-order valence-corrected chi connectivity index (χ4v) is 1.60. The van der Waals surface area contributed by atoms with E-state index in [2.05, 4.69) is 16.9 Å². The van der Waals surface area contributed by atoms with Gasteiger partial charge < -0.3 is 10.2 Å². The van der Waals surface area contributed by atoms with Gasteiger partial charge >= 0.3 is 0 Å². The normalized spacial score (nSPS) is 10.3. The van der Waals surface area contributed by atoms with E-state index in [1.165, 1.54) is 0 Å². The molecule has 0 radical (unpaired) electrons. The number of carbonyl (C=O) groups is 1. The average Bonchev–Trinajstić information content (AvgIpc) is 2.26. The zero-order valence-electron chi connectivity index (χ0n) is 11.5. The standard InChI is InChI=1S/C14H21N3O/c1-10(2)9-17(5)14(18)12-7-6-8-13(16-12)15-11(3)4/h6-8,11H,1,9H2,2-5H3,(H,15,16). The highest BCUT2D eigenvalue weighted by molar-refractivity contribution is 5.92. The molecule has 1 N–H and O–H groups in total. The van der Waals surface area contributed by atoms with Crippen molar-refractivity contribution in [2.75, 3.05) is 18.9 Å². The van der Waals surface area contributed by atoms with Gasteiger partial charge in [-0.3, -0.25) is 4.79 Å². The maximum absolute atomic E-state index is 12.1. The summed E-state index contributed by atoms with van der Waals surface area (Å²) in [6.07, 6.45) is 0. The van der Waals surface area contributed by atoms with Crippen molar-refractivity contribution in [3.8, 4) is 0 Å². The van der Waals surface area contributed by atoms with Crippen LogP contribution in [-0.4, -0.2) is 35.4 Å². The summed E-state index contributed by atoms with van der Waals surface area (Å²) in [7, 11) is 1.75. The van der Waals surface area contributed by atoms with Gasteiger partial charge in [-0.25, -0.2) is 4.98 Å². The Hall–Kier alpha value is -1.84. The molecule has 0 unspecified atom stereocenters. The highest BCUT2D eigenvalue weighted by atomic mass is 16.2. The molecule has 1 aromatic rings. The number of aromatic nitrogens is 1. The van der Waals surface area contributed by atoms with Crippen LogP contribution in [0.3, 0.4) is 0 Å². The van der Waals surface area contributed by atoms with Crippen molar-refractivity contribution in [3.63, 3.8) is 0 Å². The number of anilines is 1.